The third kappa shape index (κ3) is 5.22. The van der Waals surface area contributed by atoms with Crippen LogP contribution < -0.4 is 5.32 Å². The van der Waals surface area contributed by atoms with Gasteiger partial charge in [0.2, 0.25) is 5.91 Å². The number of carbonyl (C=O) groups is 1. The van der Waals surface area contributed by atoms with Crippen molar-refractivity contribution in [1.29, 1.82) is 0 Å². The molecule has 1 N–H and O–H groups in total. The first kappa shape index (κ1) is 16.6. The fourth-order valence-corrected chi connectivity index (χ4v) is 2.98. The molecule has 1 aromatic carbocycles. The van der Waals surface area contributed by atoms with Crippen molar-refractivity contribution >= 4 is 17.2 Å². The summed E-state index contributed by atoms with van der Waals surface area (Å²) in [7, 11) is 0. The van der Waals surface area contributed by atoms with E-state index in [0.717, 1.165) is 17.0 Å². The molecule has 22 heavy (non-hydrogen) atoms. The van der Waals surface area contributed by atoms with Gasteiger partial charge in [0.15, 0.2) is 0 Å². The number of aromatic nitrogens is 1. The van der Waals surface area contributed by atoms with Crippen LogP contribution in [-0.4, -0.2) is 10.9 Å². The van der Waals surface area contributed by atoms with Gasteiger partial charge in [0.05, 0.1) is 6.04 Å². The van der Waals surface area contributed by atoms with Crippen molar-refractivity contribution in [3.63, 3.8) is 0 Å². The summed E-state index contributed by atoms with van der Waals surface area (Å²) in [5, 5.41) is 5.94. The Hall–Kier alpha value is -1.75. The zero-order valence-electron chi connectivity index (χ0n) is 12.9. The van der Waals surface area contributed by atoms with Gasteiger partial charge in [-0.05, 0) is 36.5 Å². The molecular weight excluding hydrogens is 299 g/mol. The minimum atomic E-state index is -0.256. The Morgan fingerprint density at radius 2 is 2.05 bits per heavy atom. The molecule has 0 spiro atoms. The number of hydrogen-bond acceptors (Lipinski definition) is 3. The molecular formula is C17H21FN2OS. The highest BCUT2D eigenvalue weighted by Crippen LogP contribution is 2.23. The number of thiazole rings is 1. The first-order valence-corrected chi connectivity index (χ1v) is 8.35. The second-order valence-electron chi connectivity index (χ2n) is 5.75. The summed E-state index contributed by atoms with van der Waals surface area (Å²) in [4.78, 5) is 16.5. The smallest absolute Gasteiger partial charge is 0.220 e. The first-order valence-electron chi connectivity index (χ1n) is 7.48. The number of hydrogen-bond donors (Lipinski definition) is 1. The third-order valence-electron chi connectivity index (χ3n) is 3.35. The Balaban J connectivity index is 1.89. The number of rotatable bonds is 7. The van der Waals surface area contributed by atoms with Crippen LogP contribution in [0.25, 0.3) is 0 Å². The van der Waals surface area contributed by atoms with Crippen molar-refractivity contribution in [2.45, 2.75) is 39.2 Å². The Kier molecular flexibility index (Phi) is 6.07. The second-order valence-corrected chi connectivity index (χ2v) is 6.67. The number of nitrogens with zero attached hydrogens (tertiary/aromatic N) is 1. The molecule has 1 amide bonds. The summed E-state index contributed by atoms with van der Waals surface area (Å²) in [5.74, 6) is 0.227. The lowest BCUT2D eigenvalue weighted by atomic mass is 10.0. The molecule has 2 rings (SSSR count). The fourth-order valence-electron chi connectivity index (χ4n) is 2.27. The van der Waals surface area contributed by atoms with Gasteiger partial charge < -0.3 is 5.32 Å². The highest BCUT2D eigenvalue weighted by atomic mass is 32.1. The summed E-state index contributed by atoms with van der Waals surface area (Å²) < 4.78 is 12.9. The van der Waals surface area contributed by atoms with Crippen molar-refractivity contribution < 1.29 is 9.18 Å². The van der Waals surface area contributed by atoms with E-state index in [9.17, 15) is 9.18 Å². The number of nitrogens with one attached hydrogen (secondary N) is 1. The van der Waals surface area contributed by atoms with Gasteiger partial charge in [0.25, 0.3) is 0 Å². The maximum absolute atomic E-state index is 12.9. The Morgan fingerprint density at radius 1 is 1.32 bits per heavy atom. The molecule has 0 fully saturated rings. The van der Waals surface area contributed by atoms with Gasteiger partial charge in [0.1, 0.15) is 10.8 Å². The van der Waals surface area contributed by atoms with Crippen molar-refractivity contribution in [2.24, 2.45) is 5.92 Å². The average Bonchev–Trinajstić information content (AvgIpc) is 3.00. The molecule has 1 atom stereocenters. The van der Waals surface area contributed by atoms with Crippen LogP contribution in [0.4, 0.5) is 4.39 Å². The SMILES string of the molecule is CC(C)CC(NC(=O)CCc1ccc(F)cc1)c1nccs1. The van der Waals surface area contributed by atoms with E-state index in [-0.39, 0.29) is 17.8 Å². The second kappa shape index (κ2) is 8.03. The predicted molar refractivity (Wildman–Crippen MR) is 87.2 cm³/mol. The topological polar surface area (TPSA) is 42.0 Å². The number of aryl methyl sites for hydroxylation is 1. The maximum Gasteiger partial charge on any atom is 0.220 e. The van der Waals surface area contributed by atoms with Crippen LogP contribution in [0.1, 0.15) is 43.3 Å². The van der Waals surface area contributed by atoms with Crippen molar-refractivity contribution in [1.82, 2.24) is 10.3 Å². The Bertz CT molecular complexity index is 581. The van der Waals surface area contributed by atoms with E-state index < -0.39 is 0 Å². The molecule has 2 aromatic rings. The van der Waals surface area contributed by atoms with E-state index in [1.54, 1.807) is 29.7 Å². The van der Waals surface area contributed by atoms with E-state index in [0.29, 0.717) is 18.8 Å². The van der Waals surface area contributed by atoms with Crippen LogP contribution >= 0.6 is 11.3 Å². The lowest BCUT2D eigenvalue weighted by Crippen LogP contribution is -2.29. The molecule has 1 aromatic heterocycles. The maximum atomic E-state index is 12.9. The molecule has 1 heterocycles. The summed E-state index contributed by atoms with van der Waals surface area (Å²) >= 11 is 1.56. The molecule has 118 valence electrons. The van der Waals surface area contributed by atoms with Gasteiger partial charge in [-0.1, -0.05) is 26.0 Å². The first-order chi connectivity index (χ1) is 10.5. The minimum Gasteiger partial charge on any atom is -0.347 e. The minimum absolute atomic E-state index is 0.00479. The molecule has 3 nitrogen and oxygen atoms in total. The lowest BCUT2D eigenvalue weighted by molar-refractivity contribution is -0.121. The number of halogens is 1. The average molecular weight is 320 g/mol. The summed E-state index contributed by atoms with van der Waals surface area (Å²) in [6.45, 7) is 4.26. The molecule has 5 heteroatoms. The van der Waals surface area contributed by atoms with Gasteiger partial charge in [-0.25, -0.2) is 9.37 Å². The van der Waals surface area contributed by atoms with Crippen LogP contribution in [0.5, 0.6) is 0 Å². The monoisotopic (exact) mass is 320 g/mol. The fraction of sp³-hybridized carbons (Fsp3) is 0.412. The largest absolute Gasteiger partial charge is 0.347 e. The lowest BCUT2D eigenvalue weighted by Gasteiger charge is -2.18. The highest BCUT2D eigenvalue weighted by Gasteiger charge is 2.18. The van der Waals surface area contributed by atoms with Crippen molar-refractivity contribution in [2.75, 3.05) is 0 Å². The molecule has 0 aliphatic heterocycles. The quantitative estimate of drug-likeness (QED) is 0.834. The molecule has 0 radical (unpaired) electrons. The van der Waals surface area contributed by atoms with Gasteiger partial charge in [-0.15, -0.1) is 11.3 Å². The summed E-state index contributed by atoms with van der Waals surface area (Å²) in [6.07, 6.45) is 3.64. The molecule has 0 saturated carbocycles. The molecule has 0 aliphatic rings. The standard InChI is InChI=1S/C17H21FN2OS/c1-12(2)11-15(17-19-9-10-22-17)20-16(21)8-5-13-3-6-14(18)7-4-13/h3-4,6-7,9-10,12,15H,5,8,11H2,1-2H3,(H,20,21). The molecule has 0 saturated heterocycles. The third-order valence-corrected chi connectivity index (χ3v) is 4.24. The van der Waals surface area contributed by atoms with Crippen molar-refractivity contribution in [3.05, 3.63) is 52.2 Å². The van der Waals surface area contributed by atoms with Crippen molar-refractivity contribution in [3.8, 4) is 0 Å². The number of amides is 1. The van der Waals surface area contributed by atoms with Gasteiger partial charge >= 0.3 is 0 Å². The zero-order valence-corrected chi connectivity index (χ0v) is 13.7. The molecule has 1 unspecified atom stereocenters. The zero-order chi connectivity index (χ0) is 15.9. The Morgan fingerprint density at radius 3 is 2.64 bits per heavy atom. The van der Waals surface area contributed by atoms with Crippen LogP contribution in [-0.2, 0) is 11.2 Å². The number of benzene rings is 1. The van der Waals surface area contributed by atoms with E-state index in [1.165, 1.54) is 12.1 Å². The van der Waals surface area contributed by atoms with Gasteiger partial charge in [-0.2, -0.15) is 0 Å². The Labute approximate surface area is 134 Å². The van der Waals surface area contributed by atoms with Crippen LogP contribution in [0.3, 0.4) is 0 Å². The van der Waals surface area contributed by atoms with Gasteiger partial charge in [-0.3, -0.25) is 4.79 Å². The van der Waals surface area contributed by atoms with E-state index in [1.807, 2.05) is 5.38 Å². The van der Waals surface area contributed by atoms with Crippen LogP contribution in [0, 0.1) is 11.7 Å². The van der Waals surface area contributed by atoms with E-state index >= 15 is 0 Å². The van der Waals surface area contributed by atoms with E-state index in [2.05, 4.69) is 24.1 Å². The molecule has 0 aliphatic carbocycles. The number of carbonyl (C=O) groups excluding carboxylic acids is 1. The molecule has 0 bridgehead atoms. The normalized spacial score (nSPS) is 12.4. The summed E-state index contributed by atoms with van der Waals surface area (Å²) in [5.41, 5.74) is 0.964. The predicted octanol–water partition coefficient (Wildman–Crippen LogP) is 4.12. The van der Waals surface area contributed by atoms with Crippen LogP contribution in [0.2, 0.25) is 0 Å². The van der Waals surface area contributed by atoms with Gasteiger partial charge in [0, 0.05) is 18.0 Å². The van der Waals surface area contributed by atoms with Crippen LogP contribution in [0.15, 0.2) is 35.8 Å². The highest BCUT2D eigenvalue weighted by molar-refractivity contribution is 7.09. The summed E-state index contributed by atoms with van der Waals surface area (Å²) in [6, 6.07) is 6.25. The van der Waals surface area contributed by atoms with E-state index in [4.69, 9.17) is 0 Å².